The molecule has 0 bridgehead atoms. The molecule has 0 aliphatic carbocycles. The molecule has 1 amide bonds. The Balaban J connectivity index is 0. The Kier molecular flexibility index (Phi) is 21.5. The summed E-state index contributed by atoms with van der Waals surface area (Å²) in [7, 11) is -4.46. The fraction of sp³-hybridized carbons (Fsp3) is 0.905. The third kappa shape index (κ3) is 22.1. The van der Waals surface area contributed by atoms with Gasteiger partial charge in [-0.15, -0.1) is 0 Å². The van der Waals surface area contributed by atoms with Crippen LogP contribution >= 0.6 is 0 Å². The predicted octanol–water partition coefficient (Wildman–Crippen LogP) is 4.06. The van der Waals surface area contributed by atoms with Crippen molar-refractivity contribution in [3.05, 3.63) is 0 Å². The van der Waals surface area contributed by atoms with Crippen LogP contribution in [0, 0.1) is 0 Å². The van der Waals surface area contributed by atoms with Crippen molar-refractivity contribution in [2.45, 2.75) is 116 Å². The minimum atomic E-state index is -4.46. The zero-order chi connectivity index (χ0) is 22.0. The zero-order valence-corrected chi connectivity index (χ0v) is 18.9. The SMILES string of the molecule is CCCCCCCCCCCCCCCCCC(=O)N[C@H](CS(=O)(=O)O)C(=O)O.[LiH]. The van der Waals surface area contributed by atoms with E-state index in [1.54, 1.807) is 0 Å². The van der Waals surface area contributed by atoms with Gasteiger partial charge >= 0.3 is 24.8 Å². The summed E-state index contributed by atoms with van der Waals surface area (Å²) in [6, 6.07) is -1.62. The fourth-order valence-electron chi connectivity index (χ4n) is 3.31. The van der Waals surface area contributed by atoms with Crippen molar-refractivity contribution in [1.29, 1.82) is 0 Å². The average molecular weight is 444 g/mol. The molecule has 0 rings (SSSR count). The van der Waals surface area contributed by atoms with Crippen LogP contribution in [0.15, 0.2) is 0 Å². The molecule has 3 N–H and O–H groups in total. The van der Waals surface area contributed by atoms with Gasteiger partial charge in [-0.1, -0.05) is 96.8 Å². The van der Waals surface area contributed by atoms with E-state index < -0.39 is 33.8 Å². The van der Waals surface area contributed by atoms with Crippen LogP contribution in [0.25, 0.3) is 0 Å². The van der Waals surface area contributed by atoms with Crippen LogP contribution in [0.3, 0.4) is 0 Å². The van der Waals surface area contributed by atoms with Crippen molar-refractivity contribution in [3.8, 4) is 0 Å². The number of nitrogens with one attached hydrogen (secondary N) is 1. The van der Waals surface area contributed by atoms with Gasteiger partial charge in [-0.3, -0.25) is 9.35 Å². The molecule has 0 aliphatic rings. The summed E-state index contributed by atoms with van der Waals surface area (Å²) >= 11 is 0. The summed E-state index contributed by atoms with van der Waals surface area (Å²) in [6.45, 7) is 2.24. The van der Waals surface area contributed by atoms with Gasteiger partial charge in [0.25, 0.3) is 10.1 Å². The number of carboxylic acid groups (broad SMARTS) is 1. The van der Waals surface area contributed by atoms with Crippen molar-refractivity contribution in [3.63, 3.8) is 0 Å². The molecule has 0 heterocycles. The van der Waals surface area contributed by atoms with Crippen LogP contribution in [0.2, 0.25) is 0 Å². The average Bonchev–Trinajstić information content (AvgIpc) is 2.63. The summed E-state index contributed by atoms with van der Waals surface area (Å²) in [6.07, 6.45) is 18.4. The molecule has 174 valence electrons. The molecule has 0 aromatic heterocycles. The van der Waals surface area contributed by atoms with Gasteiger partial charge in [0, 0.05) is 6.42 Å². The van der Waals surface area contributed by atoms with Crippen LogP contribution < -0.4 is 5.32 Å². The molecule has 0 spiro atoms. The van der Waals surface area contributed by atoms with Gasteiger partial charge in [-0.25, -0.2) is 4.79 Å². The molecular weight excluding hydrogens is 401 g/mol. The minimum absolute atomic E-state index is 0. The number of aliphatic carboxylic acids is 1. The number of hydrogen-bond donors (Lipinski definition) is 3. The maximum absolute atomic E-state index is 11.7. The normalized spacial score (nSPS) is 12.2. The monoisotopic (exact) mass is 443 g/mol. The van der Waals surface area contributed by atoms with Crippen LogP contribution in [-0.2, 0) is 19.7 Å². The van der Waals surface area contributed by atoms with Gasteiger partial charge in [0.05, 0.1) is 0 Å². The molecule has 30 heavy (non-hydrogen) atoms. The first kappa shape index (κ1) is 31.6. The Morgan fingerprint density at radius 3 is 1.47 bits per heavy atom. The van der Waals surface area contributed by atoms with Crippen molar-refractivity contribution in [2.75, 3.05) is 5.75 Å². The van der Waals surface area contributed by atoms with E-state index in [1.165, 1.54) is 70.6 Å². The van der Waals surface area contributed by atoms with E-state index in [4.69, 9.17) is 9.66 Å². The molecule has 0 aliphatic heterocycles. The van der Waals surface area contributed by atoms with Crippen LogP contribution in [0.4, 0.5) is 0 Å². The van der Waals surface area contributed by atoms with E-state index in [0.29, 0.717) is 6.42 Å². The van der Waals surface area contributed by atoms with E-state index >= 15 is 0 Å². The second kappa shape index (κ2) is 20.4. The van der Waals surface area contributed by atoms with Crippen LogP contribution in [0.5, 0.6) is 0 Å². The molecule has 7 nitrogen and oxygen atoms in total. The van der Waals surface area contributed by atoms with E-state index in [1.807, 2.05) is 0 Å². The Morgan fingerprint density at radius 2 is 1.13 bits per heavy atom. The molecule has 0 unspecified atom stereocenters. The maximum atomic E-state index is 11.7. The molecule has 9 heteroatoms. The molecule has 0 saturated heterocycles. The molecule has 0 aromatic carbocycles. The Bertz CT molecular complexity index is 542. The topological polar surface area (TPSA) is 121 Å². The van der Waals surface area contributed by atoms with Gasteiger partial charge in [0.2, 0.25) is 5.91 Å². The molecule has 0 saturated carbocycles. The Hall–Kier alpha value is -0.553. The van der Waals surface area contributed by atoms with E-state index in [0.717, 1.165) is 19.3 Å². The Morgan fingerprint density at radius 1 is 0.767 bits per heavy atom. The van der Waals surface area contributed by atoms with E-state index in [9.17, 15) is 18.0 Å². The molecule has 0 fully saturated rings. The van der Waals surface area contributed by atoms with Crippen molar-refractivity contribution < 1.29 is 27.7 Å². The van der Waals surface area contributed by atoms with Crippen LogP contribution in [0.1, 0.15) is 110 Å². The number of unbranched alkanes of at least 4 members (excludes halogenated alkanes) is 14. The van der Waals surface area contributed by atoms with Gasteiger partial charge in [0.1, 0.15) is 11.8 Å². The van der Waals surface area contributed by atoms with Gasteiger partial charge in [-0.2, -0.15) is 8.42 Å². The van der Waals surface area contributed by atoms with Crippen molar-refractivity contribution >= 4 is 40.9 Å². The number of carbonyl (C=O) groups excluding carboxylic acids is 1. The number of carbonyl (C=O) groups is 2. The van der Waals surface area contributed by atoms with Gasteiger partial charge in [0.15, 0.2) is 0 Å². The predicted molar refractivity (Wildman–Crippen MR) is 123 cm³/mol. The first-order valence-electron chi connectivity index (χ1n) is 11.2. The summed E-state index contributed by atoms with van der Waals surface area (Å²) in [5.74, 6) is -3.00. The number of amides is 1. The summed E-state index contributed by atoms with van der Waals surface area (Å²) in [5.41, 5.74) is 0. The van der Waals surface area contributed by atoms with Gasteiger partial charge in [-0.05, 0) is 6.42 Å². The van der Waals surface area contributed by atoms with Crippen LogP contribution in [-0.4, -0.2) is 60.6 Å². The quantitative estimate of drug-likeness (QED) is 0.148. The van der Waals surface area contributed by atoms with E-state index in [-0.39, 0.29) is 25.3 Å². The third-order valence-corrected chi connectivity index (χ3v) is 5.77. The van der Waals surface area contributed by atoms with Gasteiger partial charge < -0.3 is 10.4 Å². The molecule has 1 atom stereocenters. The number of rotatable bonds is 20. The molecule has 0 aromatic rings. The summed E-state index contributed by atoms with van der Waals surface area (Å²) in [5, 5.41) is 11.0. The molecule has 0 radical (unpaired) electrons. The summed E-state index contributed by atoms with van der Waals surface area (Å²) < 4.78 is 30.3. The second-order valence-corrected chi connectivity index (χ2v) is 9.40. The van der Waals surface area contributed by atoms with Crippen molar-refractivity contribution in [2.24, 2.45) is 0 Å². The fourth-order valence-corrected chi connectivity index (χ4v) is 3.96. The standard InChI is InChI=1S/C21H41NO6S.Li.H/c1-2-3-4-5-6-7-8-9-10-11-12-13-14-15-16-17-20(23)22-19(21(24)25)18-29(26,27)28;;/h19H,2-18H2,1H3,(H,22,23)(H,24,25)(H,26,27,28);;/t19-;;/m1../s1. The van der Waals surface area contributed by atoms with E-state index in [2.05, 4.69) is 12.2 Å². The molecular formula is C21H42LiNO6S. The van der Waals surface area contributed by atoms with Crippen molar-refractivity contribution in [1.82, 2.24) is 5.32 Å². The second-order valence-electron chi connectivity index (χ2n) is 7.91. The zero-order valence-electron chi connectivity index (χ0n) is 18.0. The Labute approximate surface area is 195 Å². The first-order valence-corrected chi connectivity index (χ1v) is 12.8. The summed E-state index contributed by atoms with van der Waals surface area (Å²) in [4.78, 5) is 22.7. The third-order valence-electron chi connectivity index (χ3n) is 5.02. The number of hydrogen-bond acceptors (Lipinski definition) is 4. The number of carboxylic acids is 1. The first-order chi connectivity index (χ1) is 13.8.